The number of hydrogen-bond acceptors (Lipinski definition) is 4. The van der Waals surface area contributed by atoms with E-state index in [1.54, 1.807) is 13.3 Å². The normalized spacial score (nSPS) is 16.5. The molecule has 2 heterocycles. The molecule has 1 fully saturated rings. The van der Waals surface area contributed by atoms with Crippen molar-refractivity contribution in [1.29, 1.82) is 0 Å². The van der Waals surface area contributed by atoms with Crippen LogP contribution in [0.5, 0.6) is 5.75 Å². The standard InChI is InChI=1S/C19H24N4O3/c1-13(24)20-10-16-11-21-19(22-16)15-7-8-23(12-15)18(25)9-14-5-3-4-6-17(14)26-2/h3-6,11,15H,7-10,12H2,1-2H3,(H,20,24)(H,21,22)/t15-/m0/s1. The van der Waals surface area contributed by atoms with Crippen molar-refractivity contribution in [3.05, 3.63) is 47.5 Å². The number of aromatic amines is 1. The summed E-state index contributed by atoms with van der Waals surface area (Å²) in [4.78, 5) is 33.2. The van der Waals surface area contributed by atoms with Crippen LogP contribution in [0.2, 0.25) is 0 Å². The Morgan fingerprint density at radius 2 is 2.19 bits per heavy atom. The summed E-state index contributed by atoms with van der Waals surface area (Å²) in [5, 5.41) is 2.74. The number of ether oxygens (including phenoxy) is 1. The smallest absolute Gasteiger partial charge is 0.227 e. The third-order valence-electron chi connectivity index (χ3n) is 4.64. The zero-order chi connectivity index (χ0) is 18.5. The Kier molecular flexibility index (Phi) is 5.55. The lowest BCUT2D eigenvalue weighted by Gasteiger charge is -2.17. The minimum Gasteiger partial charge on any atom is -0.496 e. The van der Waals surface area contributed by atoms with Crippen molar-refractivity contribution in [1.82, 2.24) is 20.2 Å². The Hall–Kier alpha value is -2.83. The van der Waals surface area contributed by atoms with Crippen LogP contribution < -0.4 is 10.1 Å². The van der Waals surface area contributed by atoms with Gasteiger partial charge in [-0.1, -0.05) is 18.2 Å². The number of para-hydroxylation sites is 1. The number of nitrogens with zero attached hydrogens (tertiary/aromatic N) is 2. The predicted molar refractivity (Wildman–Crippen MR) is 96.7 cm³/mol. The maximum Gasteiger partial charge on any atom is 0.227 e. The van der Waals surface area contributed by atoms with E-state index in [1.165, 1.54) is 6.92 Å². The molecule has 0 spiro atoms. The molecule has 1 aromatic carbocycles. The van der Waals surface area contributed by atoms with E-state index in [2.05, 4.69) is 15.3 Å². The summed E-state index contributed by atoms with van der Waals surface area (Å²) < 4.78 is 5.33. The topological polar surface area (TPSA) is 87.3 Å². The number of carbonyl (C=O) groups excluding carboxylic acids is 2. The molecule has 1 aromatic heterocycles. The van der Waals surface area contributed by atoms with Gasteiger partial charge in [-0.15, -0.1) is 0 Å². The number of imidazole rings is 1. The van der Waals surface area contributed by atoms with Gasteiger partial charge in [0.05, 0.1) is 32.0 Å². The van der Waals surface area contributed by atoms with Crippen LogP contribution in [-0.4, -0.2) is 46.9 Å². The molecule has 7 nitrogen and oxygen atoms in total. The molecule has 1 aliphatic rings. The third kappa shape index (κ3) is 4.22. The van der Waals surface area contributed by atoms with Crippen LogP contribution in [-0.2, 0) is 22.6 Å². The van der Waals surface area contributed by atoms with Crippen molar-refractivity contribution < 1.29 is 14.3 Å². The van der Waals surface area contributed by atoms with Crippen LogP contribution in [0.1, 0.15) is 36.3 Å². The molecule has 0 bridgehead atoms. The number of benzene rings is 1. The number of likely N-dealkylation sites (tertiary alicyclic amines) is 1. The first-order valence-electron chi connectivity index (χ1n) is 8.74. The molecule has 26 heavy (non-hydrogen) atoms. The van der Waals surface area contributed by atoms with Gasteiger partial charge in [0.15, 0.2) is 0 Å². The van der Waals surface area contributed by atoms with Crippen molar-refractivity contribution in [3.63, 3.8) is 0 Å². The van der Waals surface area contributed by atoms with Crippen molar-refractivity contribution in [2.75, 3.05) is 20.2 Å². The number of H-pyrrole nitrogens is 1. The summed E-state index contributed by atoms with van der Waals surface area (Å²) in [5.41, 5.74) is 1.77. The van der Waals surface area contributed by atoms with E-state index < -0.39 is 0 Å². The third-order valence-corrected chi connectivity index (χ3v) is 4.64. The number of hydrogen-bond donors (Lipinski definition) is 2. The Labute approximate surface area is 152 Å². The summed E-state index contributed by atoms with van der Waals surface area (Å²) in [6.45, 7) is 3.30. The highest BCUT2D eigenvalue weighted by molar-refractivity contribution is 5.80. The number of carbonyl (C=O) groups is 2. The monoisotopic (exact) mass is 356 g/mol. The number of nitrogens with one attached hydrogen (secondary N) is 2. The Bertz CT molecular complexity index is 787. The number of rotatable bonds is 6. The van der Waals surface area contributed by atoms with Gasteiger partial charge in [0.2, 0.25) is 11.8 Å². The summed E-state index contributed by atoms with van der Waals surface area (Å²) in [6.07, 6.45) is 2.96. The summed E-state index contributed by atoms with van der Waals surface area (Å²) in [7, 11) is 1.62. The van der Waals surface area contributed by atoms with Gasteiger partial charge in [-0.2, -0.15) is 0 Å². The van der Waals surface area contributed by atoms with Gasteiger partial charge in [-0.3, -0.25) is 9.59 Å². The van der Waals surface area contributed by atoms with Crippen LogP contribution >= 0.6 is 0 Å². The van der Waals surface area contributed by atoms with E-state index in [0.29, 0.717) is 19.5 Å². The fourth-order valence-corrected chi connectivity index (χ4v) is 3.23. The molecule has 0 unspecified atom stereocenters. The van der Waals surface area contributed by atoms with E-state index in [4.69, 9.17) is 4.74 Å². The highest BCUT2D eigenvalue weighted by Gasteiger charge is 2.29. The molecule has 1 aliphatic heterocycles. The van der Waals surface area contributed by atoms with Gasteiger partial charge in [0.1, 0.15) is 11.6 Å². The van der Waals surface area contributed by atoms with Gasteiger partial charge in [0, 0.05) is 31.5 Å². The summed E-state index contributed by atoms with van der Waals surface area (Å²) >= 11 is 0. The highest BCUT2D eigenvalue weighted by Crippen LogP contribution is 2.26. The lowest BCUT2D eigenvalue weighted by Crippen LogP contribution is -2.30. The first kappa shape index (κ1) is 18.0. The molecule has 138 valence electrons. The van der Waals surface area contributed by atoms with Crippen molar-refractivity contribution in [2.45, 2.75) is 32.2 Å². The van der Waals surface area contributed by atoms with Gasteiger partial charge in [0.25, 0.3) is 0 Å². The highest BCUT2D eigenvalue weighted by atomic mass is 16.5. The van der Waals surface area contributed by atoms with E-state index >= 15 is 0 Å². The minimum atomic E-state index is -0.0740. The molecular formula is C19H24N4O3. The fourth-order valence-electron chi connectivity index (χ4n) is 3.23. The van der Waals surface area contributed by atoms with E-state index in [1.807, 2.05) is 29.2 Å². The number of amides is 2. The van der Waals surface area contributed by atoms with E-state index in [-0.39, 0.29) is 17.7 Å². The lowest BCUT2D eigenvalue weighted by atomic mass is 10.1. The minimum absolute atomic E-state index is 0.0740. The fraction of sp³-hybridized carbons (Fsp3) is 0.421. The largest absolute Gasteiger partial charge is 0.496 e. The molecule has 2 aromatic rings. The number of methoxy groups -OCH3 is 1. The summed E-state index contributed by atoms with van der Waals surface area (Å²) in [6, 6.07) is 7.60. The van der Waals surface area contributed by atoms with Crippen LogP contribution in [0.25, 0.3) is 0 Å². The molecule has 2 N–H and O–H groups in total. The van der Waals surface area contributed by atoms with Crippen LogP contribution in [0.3, 0.4) is 0 Å². The Balaban J connectivity index is 1.58. The number of aromatic nitrogens is 2. The second-order valence-corrected chi connectivity index (χ2v) is 6.52. The van der Waals surface area contributed by atoms with E-state index in [0.717, 1.165) is 35.8 Å². The molecule has 0 radical (unpaired) electrons. The van der Waals surface area contributed by atoms with E-state index in [9.17, 15) is 9.59 Å². The molecule has 0 aliphatic carbocycles. The lowest BCUT2D eigenvalue weighted by molar-refractivity contribution is -0.129. The summed E-state index contributed by atoms with van der Waals surface area (Å²) in [5.74, 6) is 1.84. The molecule has 7 heteroatoms. The zero-order valence-corrected chi connectivity index (χ0v) is 15.1. The van der Waals surface area contributed by atoms with Gasteiger partial charge >= 0.3 is 0 Å². The van der Waals surface area contributed by atoms with Gasteiger partial charge in [-0.25, -0.2) is 4.98 Å². The van der Waals surface area contributed by atoms with Crippen LogP contribution in [0.4, 0.5) is 0 Å². The molecule has 2 amide bonds. The average molecular weight is 356 g/mol. The van der Waals surface area contributed by atoms with Crippen molar-refractivity contribution in [3.8, 4) is 5.75 Å². The zero-order valence-electron chi connectivity index (χ0n) is 15.1. The first-order valence-corrected chi connectivity index (χ1v) is 8.74. The second kappa shape index (κ2) is 8.03. The Morgan fingerprint density at radius 3 is 2.96 bits per heavy atom. The molecule has 3 rings (SSSR count). The maximum atomic E-state index is 12.6. The second-order valence-electron chi connectivity index (χ2n) is 6.52. The molecular weight excluding hydrogens is 332 g/mol. The molecule has 1 atom stereocenters. The Morgan fingerprint density at radius 1 is 1.38 bits per heavy atom. The van der Waals surface area contributed by atoms with Crippen molar-refractivity contribution in [2.24, 2.45) is 0 Å². The van der Waals surface area contributed by atoms with Crippen LogP contribution in [0.15, 0.2) is 30.5 Å². The maximum absolute atomic E-state index is 12.6. The average Bonchev–Trinajstić information content (AvgIpc) is 3.29. The molecule has 0 saturated carbocycles. The van der Waals surface area contributed by atoms with Crippen LogP contribution in [0, 0.1) is 0 Å². The molecule has 1 saturated heterocycles. The van der Waals surface area contributed by atoms with Gasteiger partial charge < -0.3 is 19.9 Å². The SMILES string of the molecule is COc1ccccc1CC(=O)N1CC[C@H](c2ncc(CNC(C)=O)[nH]2)C1. The predicted octanol–water partition coefficient (Wildman–Crippen LogP) is 1.61. The van der Waals surface area contributed by atoms with Gasteiger partial charge in [-0.05, 0) is 12.5 Å². The van der Waals surface area contributed by atoms with Crippen molar-refractivity contribution >= 4 is 11.8 Å². The quantitative estimate of drug-likeness (QED) is 0.823. The first-order chi connectivity index (χ1) is 12.6.